The van der Waals surface area contributed by atoms with E-state index >= 15 is 0 Å². The Morgan fingerprint density at radius 2 is 1.79 bits per heavy atom. The first-order valence-electron chi connectivity index (χ1n) is 10.6. The zero-order valence-electron chi connectivity index (χ0n) is 18.6. The third kappa shape index (κ3) is 4.65. The van der Waals surface area contributed by atoms with Crippen molar-refractivity contribution in [1.29, 1.82) is 0 Å². The van der Waals surface area contributed by atoms with Gasteiger partial charge in [0.15, 0.2) is 5.69 Å². The van der Waals surface area contributed by atoms with Gasteiger partial charge in [0.05, 0.1) is 6.54 Å². The Hall–Kier alpha value is -3.72. The summed E-state index contributed by atoms with van der Waals surface area (Å²) in [7, 11) is 1.54. The molecular formula is C24H23ClFN5O3. The van der Waals surface area contributed by atoms with Gasteiger partial charge in [0.2, 0.25) is 5.91 Å². The molecule has 176 valence electrons. The van der Waals surface area contributed by atoms with E-state index in [0.717, 1.165) is 11.1 Å². The average molecular weight is 484 g/mol. The van der Waals surface area contributed by atoms with Crippen molar-refractivity contribution in [3.8, 4) is 0 Å². The largest absolute Gasteiger partial charge is 0.350 e. The summed E-state index contributed by atoms with van der Waals surface area (Å²) in [5.41, 5.74) is 0.617. The van der Waals surface area contributed by atoms with E-state index in [0.29, 0.717) is 5.02 Å². The van der Waals surface area contributed by atoms with Gasteiger partial charge >= 0.3 is 0 Å². The lowest BCUT2D eigenvalue weighted by atomic mass is 9.96. The van der Waals surface area contributed by atoms with Gasteiger partial charge < -0.3 is 15.5 Å². The van der Waals surface area contributed by atoms with E-state index in [9.17, 15) is 18.8 Å². The summed E-state index contributed by atoms with van der Waals surface area (Å²) in [6.07, 6.45) is 0. The Labute approximate surface area is 200 Å². The topological polar surface area (TPSA) is 96.3 Å². The summed E-state index contributed by atoms with van der Waals surface area (Å²) in [5, 5.41) is 10.4. The highest BCUT2D eigenvalue weighted by Crippen LogP contribution is 2.26. The minimum atomic E-state index is -1.23. The molecule has 0 saturated heterocycles. The second-order valence-electron chi connectivity index (χ2n) is 8.33. The van der Waals surface area contributed by atoms with Crippen LogP contribution in [-0.2, 0) is 24.4 Å². The zero-order chi connectivity index (χ0) is 24.5. The number of benzene rings is 2. The van der Waals surface area contributed by atoms with Crippen molar-refractivity contribution in [3.63, 3.8) is 0 Å². The summed E-state index contributed by atoms with van der Waals surface area (Å²) in [4.78, 5) is 40.0. The normalized spacial score (nSPS) is 17.3. The Bertz CT molecular complexity index is 1260. The van der Waals surface area contributed by atoms with Crippen LogP contribution in [0.25, 0.3) is 0 Å². The van der Waals surface area contributed by atoms with Crippen LogP contribution in [0.5, 0.6) is 0 Å². The van der Waals surface area contributed by atoms with E-state index in [-0.39, 0.29) is 42.7 Å². The molecule has 1 aliphatic heterocycles. The first-order chi connectivity index (χ1) is 16.2. The smallest absolute Gasteiger partial charge is 0.272 e. The monoisotopic (exact) mass is 483 g/mol. The maximum absolute atomic E-state index is 13.1. The predicted octanol–water partition coefficient (Wildman–Crippen LogP) is 2.77. The van der Waals surface area contributed by atoms with Gasteiger partial charge in [0.1, 0.15) is 17.1 Å². The molecule has 3 aromatic rings. The van der Waals surface area contributed by atoms with Gasteiger partial charge in [-0.2, -0.15) is 5.10 Å². The fourth-order valence-corrected chi connectivity index (χ4v) is 3.95. The van der Waals surface area contributed by atoms with Gasteiger partial charge in [-0.25, -0.2) is 4.39 Å². The molecule has 10 heteroatoms. The molecule has 0 aliphatic carbocycles. The number of hydrogen-bond acceptors (Lipinski definition) is 4. The number of likely N-dealkylation sites (N-methyl/N-ethyl adjacent to an activating group) is 1. The van der Waals surface area contributed by atoms with Crippen molar-refractivity contribution in [1.82, 2.24) is 25.3 Å². The van der Waals surface area contributed by atoms with Crippen molar-refractivity contribution < 1.29 is 18.8 Å². The van der Waals surface area contributed by atoms with Gasteiger partial charge in [0, 0.05) is 31.2 Å². The second kappa shape index (κ2) is 9.26. The highest BCUT2D eigenvalue weighted by Gasteiger charge is 2.46. The van der Waals surface area contributed by atoms with Crippen molar-refractivity contribution in [2.24, 2.45) is 0 Å². The highest BCUT2D eigenvalue weighted by molar-refractivity contribution is 6.30. The highest BCUT2D eigenvalue weighted by atomic mass is 35.5. The SMILES string of the molecule is CN1C(=O)c2cc(C(=O)NCc3cccc(Cl)c3)nn2CC1(C)C(=O)NCc1ccc(F)cc1. The fourth-order valence-electron chi connectivity index (χ4n) is 3.73. The number of nitrogens with one attached hydrogen (secondary N) is 2. The Morgan fingerprint density at radius 3 is 2.50 bits per heavy atom. The molecular weight excluding hydrogens is 461 g/mol. The summed E-state index contributed by atoms with van der Waals surface area (Å²) >= 11 is 5.97. The molecule has 3 amide bonds. The van der Waals surface area contributed by atoms with E-state index in [1.807, 2.05) is 6.07 Å². The minimum absolute atomic E-state index is 0.0708. The maximum atomic E-state index is 13.1. The van der Waals surface area contributed by atoms with Gasteiger partial charge in [-0.15, -0.1) is 0 Å². The third-order valence-corrected chi connectivity index (χ3v) is 6.17. The molecule has 1 aliphatic rings. The van der Waals surface area contributed by atoms with Gasteiger partial charge in [-0.1, -0.05) is 35.9 Å². The number of nitrogens with zero attached hydrogens (tertiary/aromatic N) is 3. The number of hydrogen-bond donors (Lipinski definition) is 2. The van der Waals surface area contributed by atoms with Gasteiger partial charge in [-0.05, 0) is 42.3 Å². The predicted molar refractivity (Wildman–Crippen MR) is 124 cm³/mol. The number of rotatable bonds is 6. The lowest BCUT2D eigenvalue weighted by molar-refractivity contribution is -0.132. The van der Waals surface area contributed by atoms with Crippen LogP contribution in [0.4, 0.5) is 4.39 Å². The van der Waals surface area contributed by atoms with E-state index in [1.54, 1.807) is 37.3 Å². The van der Waals surface area contributed by atoms with Crippen LogP contribution in [0.2, 0.25) is 5.02 Å². The standard InChI is InChI=1S/C24H23ClFN5O3/c1-24(23(34)28-12-15-6-8-18(26)9-7-15)14-31-20(22(33)30(24)2)11-19(29-31)21(32)27-13-16-4-3-5-17(25)10-16/h3-11H,12-14H2,1-2H3,(H,27,32)(H,28,34). The number of aromatic nitrogens is 2. The van der Waals surface area contributed by atoms with Crippen LogP contribution in [-0.4, -0.2) is 45.0 Å². The van der Waals surface area contributed by atoms with Crippen molar-refractivity contribution in [3.05, 3.63) is 88.0 Å². The van der Waals surface area contributed by atoms with E-state index < -0.39 is 17.4 Å². The molecule has 0 spiro atoms. The summed E-state index contributed by atoms with van der Waals surface area (Å²) in [5.74, 6) is -1.62. The number of amides is 3. The van der Waals surface area contributed by atoms with Crippen LogP contribution < -0.4 is 10.6 Å². The van der Waals surface area contributed by atoms with E-state index in [2.05, 4.69) is 15.7 Å². The Morgan fingerprint density at radius 1 is 1.09 bits per heavy atom. The van der Waals surface area contributed by atoms with Crippen LogP contribution in [0.3, 0.4) is 0 Å². The summed E-state index contributed by atoms with van der Waals surface area (Å²) < 4.78 is 14.5. The Kier molecular flexibility index (Phi) is 6.39. The van der Waals surface area contributed by atoms with Gasteiger partial charge in [0.25, 0.3) is 11.8 Å². The number of carbonyl (C=O) groups excluding carboxylic acids is 3. The molecule has 0 bridgehead atoms. The molecule has 2 aromatic carbocycles. The number of carbonyl (C=O) groups is 3. The number of fused-ring (bicyclic) bond motifs is 1. The molecule has 1 aromatic heterocycles. The minimum Gasteiger partial charge on any atom is -0.350 e. The van der Waals surface area contributed by atoms with Crippen LogP contribution >= 0.6 is 11.6 Å². The Balaban J connectivity index is 1.46. The van der Waals surface area contributed by atoms with Crippen molar-refractivity contribution >= 4 is 29.3 Å². The zero-order valence-corrected chi connectivity index (χ0v) is 19.4. The van der Waals surface area contributed by atoms with E-state index in [1.165, 1.54) is 34.8 Å². The first-order valence-corrected chi connectivity index (χ1v) is 11.0. The molecule has 0 fully saturated rings. The van der Waals surface area contributed by atoms with Crippen molar-refractivity contribution in [2.45, 2.75) is 32.1 Å². The fraction of sp³-hybridized carbons (Fsp3) is 0.250. The maximum Gasteiger partial charge on any atom is 0.272 e. The second-order valence-corrected chi connectivity index (χ2v) is 8.77. The average Bonchev–Trinajstić information content (AvgIpc) is 3.24. The third-order valence-electron chi connectivity index (χ3n) is 5.93. The lowest BCUT2D eigenvalue weighted by Crippen LogP contribution is -2.62. The van der Waals surface area contributed by atoms with E-state index in [4.69, 9.17) is 11.6 Å². The summed E-state index contributed by atoms with van der Waals surface area (Å²) in [6, 6.07) is 14.3. The molecule has 8 nitrogen and oxygen atoms in total. The summed E-state index contributed by atoms with van der Waals surface area (Å²) in [6.45, 7) is 2.13. The molecule has 34 heavy (non-hydrogen) atoms. The lowest BCUT2D eigenvalue weighted by Gasteiger charge is -2.40. The van der Waals surface area contributed by atoms with Crippen LogP contribution in [0.1, 0.15) is 39.0 Å². The van der Waals surface area contributed by atoms with Crippen LogP contribution in [0, 0.1) is 5.82 Å². The van der Waals surface area contributed by atoms with Crippen LogP contribution in [0.15, 0.2) is 54.6 Å². The molecule has 0 saturated carbocycles. The quantitative estimate of drug-likeness (QED) is 0.563. The van der Waals surface area contributed by atoms with Gasteiger partial charge in [-0.3, -0.25) is 19.1 Å². The molecule has 4 rings (SSSR count). The molecule has 1 atom stereocenters. The molecule has 2 N–H and O–H groups in total. The van der Waals surface area contributed by atoms with Crippen molar-refractivity contribution in [2.75, 3.05) is 7.05 Å². The number of halogens is 2. The first kappa shape index (κ1) is 23.4. The molecule has 2 heterocycles. The molecule has 1 unspecified atom stereocenters. The molecule has 0 radical (unpaired) electrons.